The number of rotatable bonds is 3. The Hall–Kier alpha value is -2.81. The van der Waals surface area contributed by atoms with Crippen molar-refractivity contribution in [1.82, 2.24) is 29.9 Å². The number of halogens is 1. The largest absolute Gasteiger partial charge is 0.337 e. The second-order valence-corrected chi connectivity index (χ2v) is 6.75. The van der Waals surface area contributed by atoms with Crippen LogP contribution in [-0.4, -0.2) is 61.9 Å². The highest BCUT2D eigenvalue weighted by molar-refractivity contribution is 9.10. The maximum absolute atomic E-state index is 12.7. The summed E-state index contributed by atoms with van der Waals surface area (Å²) < 4.78 is 0.844. The third kappa shape index (κ3) is 3.43. The van der Waals surface area contributed by atoms with Crippen molar-refractivity contribution < 1.29 is 4.79 Å². The van der Waals surface area contributed by atoms with E-state index in [-0.39, 0.29) is 5.91 Å². The van der Waals surface area contributed by atoms with E-state index in [1.54, 1.807) is 17.3 Å². The fourth-order valence-electron chi connectivity index (χ4n) is 2.79. The molecular weight excluding hydrogens is 398 g/mol. The van der Waals surface area contributed by atoms with Crippen molar-refractivity contribution in [2.45, 2.75) is 0 Å². The van der Waals surface area contributed by atoms with Crippen molar-refractivity contribution in [3.8, 4) is 5.69 Å². The molecule has 26 heavy (non-hydrogen) atoms. The molecule has 4 rings (SSSR count). The fourth-order valence-corrected chi connectivity index (χ4v) is 2.99. The van der Waals surface area contributed by atoms with Gasteiger partial charge in [0.15, 0.2) is 5.69 Å². The van der Waals surface area contributed by atoms with Crippen LogP contribution in [0.2, 0.25) is 0 Å². The zero-order valence-corrected chi connectivity index (χ0v) is 15.4. The number of piperazine rings is 1. The molecule has 0 aliphatic carbocycles. The van der Waals surface area contributed by atoms with Crippen LogP contribution in [0.15, 0.2) is 53.4 Å². The summed E-state index contributed by atoms with van der Waals surface area (Å²) in [5, 5.41) is 8.51. The molecule has 0 radical (unpaired) electrons. The van der Waals surface area contributed by atoms with E-state index in [1.807, 2.05) is 30.3 Å². The standard InChI is InChI=1S/C17H16BrN7O/c18-13-10-19-17(20-11-13)24-8-6-23(7-9-24)16(26)15-12-21-25(22-15)14-4-2-1-3-5-14/h1-5,10-12H,6-9H2. The monoisotopic (exact) mass is 413 g/mol. The van der Waals surface area contributed by atoms with Gasteiger partial charge >= 0.3 is 0 Å². The summed E-state index contributed by atoms with van der Waals surface area (Å²) in [6.07, 6.45) is 4.96. The van der Waals surface area contributed by atoms with Crippen LogP contribution in [0.4, 0.5) is 5.95 Å². The van der Waals surface area contributed by atoms with E-state index in [0.29, 0.717) is 37.8 Å². The average molecular weight is 414 g/mol. The fraction of sp³-hybridized carbons (Fsp3) is 0.235. The molecular formula is C17H16BrN7O. The molecule has 8 nitrogen and oxygen atoms in total. The average Bonchev–Trinajstić information content (AvgIpc) is 3.19. The topological polar surface area (TPSA) is 80.0 Å². The van der Waals surface area contributed by atoms with E-state index < -0.39 is 0 Å². The minimum Gasteiger partial charge on any atom is -0.337 e. The van der Waals surface area contributed by atoms with Gasteiger partial charge in [0, 0.05) is 38.6 Å². The van der Waals surface area contributed by atoms with Crippen molar-refractivity contribution in [1.29, 1.82) is 0 Å². The van der Waals surface area contributed by atoms with Crippen LogP contribution < -0.4 is 4.90 Å². The van der Waals surface area contributed by atoms with E-state index in [0.717, 1.165) is 10.2 Å². The lowest BCUT2D eigenvalue weighted by Crippen LogP contribution is -2.49. The highest BCUT2D eigenvalue weighted by Crippen LogP contribution is 2.14. The number of carbonyl (C=O) groups excluding carboxylic acids is 1. The quantitative estimate of drug-likeness (QED) is 0.650. The van der Waals surface area contributed by atoms with Crippen molar-refractivity contribution >= 4 is 27.8 Å². The Bertz CT molecular complexity index is 889. The predicted molar refractivity (Wildman–Crippen MR) is 99.2 cm³/mol. The van der Waals surface area contributed by atoms with E-state index in [2.05, 4.69) is 41.0 Å². The molecule has 0 N–H and O–H groups in total. The minimum absolute atomic E-state index is 0.108. The molecule has 132 valence electrons. The third-order valence-electron chi connectivity index (χ3n) is 4.15. The number of benzene rings is 1. The predicted octanol–water partition coefficient (Wildman–Crippen LogP) is 1.78. The molecule has 1 fully saturated rings. The summed E-state index contributed by atoms with van der Waals surface area (Å²) in [5.41, 5.74) is 1.17. The van der Waals surface area contributed by atoms with Crippen LogP contribution >= 0.6 is 15.9 Å². The number of aromatic nitrogens is 5. The first kappa shape index (κ1) is 16.6. The zero-order valence-electron chi connectivity index (χ0n) is 13.9. The van der Waals surface area contributed by atoms with E-state index >= 15 is 0 Å². The Balaban J connectivity index is 1.41. The summed E-state index contributed by atoms with van der Waals surface area (Å²) in [4.78, 5) is 26.6. The number of hydrogen-bond donors (Lipinski definition) is 0. The van der Waals surface area contributed by atoms with Crippen molar-refractivity contribution in [2.75, 3.05) is 31.1 Å². The minimum atomic E-state index is -0.108. The van der Waals surface area contributed by atoms with Gasteiger partial charge in [-0.05, 0) is 28.1 Å². The van der Waals surface area contributed by atoms with E-state index in [9.17, 15) is 4.79 Å². The van der Waals surface area contributed by atoms with Crippen LogP contribution in [0.5, 0.6) is 0 Å². The summed E-state index contributed by atoms with van der Waals surface area (Å²) in [5.74, 6) is 0.568. The Kier molecular flexibility index (Phi) is 4.61. The Labute approximate surface area is 158 Å². The number of amides is 1. The normalized spacial score (nSPS) is 14.5. The van der Waals surface area contributed by atoms with Gasteiger partial charge in [-0.3, -0.25) is 4.79 Å². The van der Waals surface area contributed by atoms with E-state index in [1.165, 1.54) is 11.0 Å². The number of hydrogen-bond acceptors (Lipinski definition) is 6. The third-order valence-corrected chi connectivity index (χ3v) is 4.56. The molecule has 0 unspecified atom stereocenters. The zero-order chi connectivity index (χ0) is 17.9. The smallest absolute Gasteiger partial charge is 0.276 e. The number of para-hydroxylation sites is 1. The summed E-state index contributed by atoms with van der Waals surface area (Å²) >= 11 is 3.33. The number of anilines is 1. The molecule has 0 saturated carbocycles. The molecule has 0 bridgehead atoms. The van der Waals surface area contributed by atoms with Crippen LogP contribution in [0.25, 0.3) is 5.69 Å². The molecule has 1 amide bonds. The maximum Gasteiger partial charge on any atom is 0.276 e. The molecule has 1 aliphatic heterocycles. The van der Waals surface area contributed by atoms with Crippen LogP contribution in [0.1, 0.15) is 10.5 Å². The molecule has 2 aromatic heterocycles. The summed E-state index contributed by atoms with van der Waals surface area (Å²) in [6, 6.07) is 9.53. The lowest BCUT2D eigenvalue weighted by molar-refractivity contribution is 0.0740. The lowest BCUT2D eigenvalue weighted by Gasteiger charge is -2.34. The SMILES string of the molecule is O=C(c1cnn(-c2ccccc2)n1)N1CCN(c2ncc(Br)cn2)CC1. The molecule has 3 heterocycles. The molecule has 0 spiro atoms. The van der Waals surface area contributed by atoms with Gasteiger partial charge in [0.25, 0.3) is 5.91 Å². The van der Waals surface area contributed by atoms with Gasteiger partial charge in [0.1, 0.15) is 0 Å². The van der Waals surface area contributed by atoms with Crippen LogP contribution in [-0.2, 0) is 0 Å². The molecule has 3 aromatic rings. The van der Waals surface area contributed by atoms with Crippen molar-refractivity contribution in [3.63, 3.8) is 0 Å². The molecule has 1 saturated heterocycles. The van der Waals surface area contributed by atoms with Crippen LogP contribution in [0, 0.1) is 0 Å². The van der Waals surface area contributed by atoms with Gasteiger partial charge in [0.05, 0.1) is 16.4 Å². The first-order chi connectivity index (χ1) is 12.7. The Morgan fingerprint density at radius 3 is 2.35 bits per heavy atom. The first-order valence-electron chi connectivity index (χ1n) is 8.20. The summed E-state index contributed by atoms with van der Waals surface area (Å²) in [7, 11) is 0. The number of nitrogens with zero attached hydrogens (tertiary/aromatic N) is 7. The Morgan fingerprint density at radius 1 is 0.962 bits per heavy atom. The second kappa shape index (κ2) is 7.20. The van der Waals surface area contributed by atoms with Gasteiger partial charge in [-0.25, -0.2) is 9.97 Å². The van der Waals surface area contributed by atoms with Crippen molar-refractivity contribution in [3.05, 3.63) is 59.1 Å². The molecule has 0 atom stereocenters. The number of carbonyl (C=O) groups is 1. The second-order valence-electron chi connectivity index (χ2n) is 5.84. The molecule has 9 heteroatoms. The first-order valence-corrected chi connectivity index (χ1v) is 8.99. The van der Waals surface area contributed by atoms with E-state index in [4.69, 9.17) is 0 Å². The highest BCUT2D eigenvalue weighted by atomic mass is 79.9. The van der Waals surface area contributed by atoms with Gasteiger partial charge in [-0.2, -0.15) is 9.90 Å². The molecule has 1 aromatic carbocycles. The summed E-state index contributed by atoms with van der Waals surface area (Å²) in [6.45, 7) is 2.55. The van der Waals surface area contributed by atoms with Gasteiger partial charge in [-0.15, -0.1) is 5.10 Å². The van der Waals surface area contributed by atoms with Crippen molar-refractivity contribution in [2.24, 2.45) is 0 Å². The lowest BCUT2D eigenvalue weighted by atomic mass is 10.3. The van der Waals surface area contributed by atoms with Gasteiger partial charge in [-0.1, -0.05) is 18.2 Å². The highest BCUT2D eigenvalue weighted by Gasteiger charge is 2.25. The molecule has 1 aliphatic rings. The maximum atomic E-state index is 12.7. The van der Waals surface area contributed by atoms with Crippen LogP contribution in [0.3, 0.4) is 0 Å². The van der Waals surface area contributed by atoms with Gasteiger partial charge in [0.2, 0.25) is 5.95 Å². The van der Waals surface area contributed by atoms with Gasteiger partial charge < -0.3 is 9.80 Å². The Morgan fingerprint density at radius 2 is 1.65 bits per heavy atom.